The Labute approximate surface area is 76.9 Å². The van der Waals surface area contributed by atoms with Crippen LogP contribution in [0.3, 0.4) is 0 Å². The van der Waals surface area contributed by atoms with Crippen molar-refractivity contribution >= 4 is 11.8 Å². The first-order valence-corrected chi connectivity index (χ1v) is 5.25. The van der Waals surface area contributed by atoms with Gasteiger partial charge in [0.15, 0.2) is 5.82 Å². The van der Waals surface area contributed by atoms with E-state index in [1.165, 1.54) is 0 Å². The zero-order valence-electron chi connectivity index (χ0n) is 7.92. The van der Waals surface area contributed by atoms with E-state index in [1.807, 2.05) is 6.26 Å². The first kappa shape index (κ1) is 9.58. The molecule has 1 rings (SSSR count). The molecule has 0 radical (unpaired) electrons. The fourth-order valence-electron chi connectivity index (χ4n) is 0.746. The molecule has 12 heavy (non-hydrogen) atoms. The smallest absolute Gasteiger partial charge is 0.232 e. The second-order valence-electron chi connectivity index (χ2n) is 3.70. The normalized spacial score (nSPS) is 12.0. The van der Waals surface area contributed by atoms with Crippen LogP contribution in [0.25, 0.3) is 0 Å². The van der Waals surface area contributed by atoms with Crippen molar-refractivity contribution in [2.75, 3.05) is 6.26 Å². The lowest BCUT2D eigenvalue weighted by atomic mass is 9.97. The minimum absolute atomic E-state index is 0.0380. The van der Waals surface area contributed by atoms with Gasteiger partial charge in [0.2, 0.25) is 5.89 Å². The van der Waals surface area contributed by atoms with Crippen LogP contribution in [0.1, 0.15) is 32.5 Å². The molecule has 68 valence electrons. The molecule has 4 heteroatoms. The summed E-state index contributed by atoms with van der Waals surface area (Å²) in [5.41, 5.74) is -0.0380. The highest BCUT2D eigenvalue weighted by atomic mass is 32.2. The molecular formula is C8H14N2OS. The average Bonchev–Trinajstić information content (AvgIpc) is 2.35. The molecule has 0 aliphatic rings. The summed E-state index contributed by atoms with van der Waals surface area (Å²) in [4.78, 5) is 4.27. The summed E-state index contributed by atoms with van der Waals surface area (Å²) in [6.07, 6.45) is 2.02. The van der Waals surface area contributed by atoms with E-state index in [9.17, 15) is 0 Å². The van der Waals surface area contributed by atoms with Gasteiger partial charge < -0.3 is 4.52 Å². The SMILES string of the molecule is CSCc1noc(C(C)(C)C)n1. The second-order valence-corrected chi connectivity index (χ2v) is 4.56. The highest BCUT2D eigenvalue weighted by Crippen LogP contribution is 2.20. The van der Waals surface area contributed by atoms with Crippen LogP contribution in [-0.4, -0.2) is 16.4 Å². The molecule has 3 nitrogen and oxygen atoms in total. The molecule has 0 atom stereocenters. The van der Waals surface area contributed by atoms with E-state index in [0.29, 0.717) is 5.89 Å². The van der Waals surface area contributed by atoms with Crippen LogP contribution in [0.4, 0.5) is 0 Å². The Balaban J connectivity index is 2.77. The van der Waals surface area contributed by atoms with Crippen molar-refractivity contribution in [1.29, 1.82) is 0 Å². The topological polar surface area (TPSA) is 38.9 Å². The Morgan fingerprint density at radius 2 is 2.08 bits per heavy atom. The fraction of sp³-hybridized carbons (Fsp3) is 0.750. The second kappa shape index (κ2) is 3.47. The highest BCUT2D eigenvalue weighted by molar-refractivity contribution is 7.97. The molecule has 1 aromatic rings. The number of hydrogen-bond acceptors (Lipinski definition) is 4. The Hall–Kier alpha value is -0.510. The summed E-state index contributed by atoms with van der Waals surface area (Å²) in [7, 11) is 0. The van der Waals surface area contributed by atoms with Crippen molar-refractivity contribution in [2.24, 2.45) is 0 Å². The van der Waals surface area contributed by atoms with Crippen molar-refractivity contribution in [1.82, 2.24) is 10.1 Å². The minimum atomic E-state index is -0.0380. The van der Waals surface area contributed by atoms with Crippen molar-refractivity contribution in [3.63, 3.8) is 0 Å². The molecule has 1 aromatic heterocycles. The molecule has 0 fully saturated rings. The van der Waals surface area contributed by atoms with Crippen LogP contribution in [-0.2, 0) is 11.2 Å². The number of aromatic nitrogens is 2. The summed E-state index contributed by atoms with van der Waals surface area (Å²) in [6.45, 7) is 6.18. The van der Waals surface area contributed by atoms with Crippen LogP contribution in [0.2, 0.25) is 0 Å². The third-order valence-electron chi connectivity index (χ3n) is 1.38. The van der Waals surface area contributed by atoms with Crippen LogP contribution < -0.4 is 0 Å². The fourth-order valence-corrected chi connectivity index (χ4v) is 1.12. The third kappa shape index (κ3) is 2.24. The Bertz CT molecular complexity index is 252. The lowest BCUT2D eigenvalue weighted by Gasteiger charge is -2.10. The van der Waals surface area contributed by atoms with E-state index in [-0.39, 0.29) is 5.41 Å². The van der Waals surface area contributed by atoms with Gasteiger partial charge in [-0.1, -0.05) is 25.9 Å². The standard InChI is InChI=1S/C8H14N2OS/c1-8(2,3)7-9-6(5-12-4)10-11-7/h5H2,1-4H3. The highest BCUT2D eigenvalue weighted by Gasteiger charge is 2.21. The molecular weight excluding hydrogens is 172 g/mol. The minimum Gasteiger partial charge on any atom is -0.339 e. The van der Waals surface area contributed by atoms with Gasteiger partial charge in [-0.15, -0.1) is 0 Å². The lowest BCUT2D eigenvalue weighted by molar-refractivity contribution is 0.319. The van der Waals surface area contributed by atoms with Crippen LogP contribution in [0, 0.1) is 0 Å². The van der Waals surface area contributed by atoms with Gasteiger partial charge in [0.1, 0.15) is 0 Å². The monoisotopic (exact) mass is 186 g/mol. The van der Waals surface area contributed by atoms with Crippen molar-refractivity contribution < 1.29 is 4.52 Å². The van der Waals surface area contributed by atoms with Crippen molar-refractivity contribution in [3.8, 4) is 0 Å². The van der Waals surface area contributed by atoms with Crippen LogP contribution in [0.5, 0.6) is 0 Å². The van der Waals surface area contributed by atoms with Crippen LogP contribution in [0.15, 0.2) is 4.52 Å². The zero-order valence-corrected chi connectivity index (χ0v) is 8.73. The maximum absolute atomic E-state index is 5.11. The maximum atomic E-state index is 5.11. The largest absolute Gasteiger partial charge is 0.339 e. The summed E-state index contributed by atoms with van der Waals surface area (Å²) in [5, 5.41) is 3.87. The molecule has 0 aliphatic heterocycles. The number of nitrogens with zero attached hydrogens (tertiary/aromatic N) is 2. The summed E-state index contributed by atoms with van der Waals surface area (Å²) in [6, 6.07) is 0. The average molecular weight is 186 g/mol. The van der Waals surface area contributed by atoms with E-state index in [2.05, 4.69) is 30.9 Å². The Morgan fingerprint density at radius 3 is 2.50 bits per heavy atom. The molecule has 0 amide bonds. The molecule has 0 aromatic carbocycles. The number of rotatable bonds is 2. The lowest BCUT2D eigenvalue weighted by Crippen LogP contribution is -2.11. The first-order valence-electron chi connectivity index (χ1n) is 3.86. The van der Waals surface area contributed by atoms with Gasteiger partial charge in [0.05, 0.1) is 5.75 Å². The van der Waals surface area contributed by atoms with Gasteiger partial charge in [-0.2, -0.15) is 16.7 Å². The molecule has 0 spiro atoms. The molecule has 0 unspecified atom stereocenters. The van der Waals surface area contributed by atoms with E-state index in [1.54, 1.807) is 11.8 Å². The Kier molecular flexibility index (Phi) is 2.77. The van der Waals surface area contributed by atoms with Gasteiger partial charge in [-0.25, -0.2) is 0 Å². The molecule has 1 heterocycles. The van der Waals surface area contributed by atoms with Gasteiger partial charge in [0.25, 0.3) is 0 Å². The third-order valence-corrected chi connectivity index (χ3v) is 1.93. The van der Waals surface area contributed by atoms with E-state index in [4.69, 9.17) is 4.52 Å². The molecule has 0 saturated carbocycles. The number of hydrogen-bond donors (Lipinski definition) is 0. The quantitative estimate of drug-likeness (QED) is 0.710. The van der Waals surface area contributed by atoms with Gasteiger partial charge in [-0.05, 0) is 6.26 Å². The summed E-state index contributed by atoms with van der Waals surface area (Å²) < 4.78 is 5.11. The first-order chi connectivity index (χ1) is 5.54. The van der Waals surface area contributed by atoms with Crippen LogP contribution >= 0.6 is 11.8 Å². The molecule has 0 saturated heterocycles. The zero-order chi connectivity index (χ0) is 9.19. The van der Waals surface area contributed by atoms with Gasteiger partial charge in [0, 0.05) is 5.41 Å². The molecule has 0 bridgehead atoms. The van der Waals surface area contributed by atoms with Gasteiger partial charge in [-0.3, -0.25) is 0 Å². The predicted octanol–water partition coefficient (Wildman–Crippen LogP) is 2.23. The summed E-state index contributed by atoms with van der Waals surface area (Å²) in [5.74, 6) is 2.32. The Morgan fingerprint density at radius 1 is 1.42 bits per heavy atom. The van der Waals surface area contributed by atoms with E-state index < -0.39 is 0 Å². The molecule has 0 N–H and O–H groups in total. The van der Waals surface area contributed by atoms with Crippen molar-refractivity contribution in [2.45, 2.75) is 31.9 Å². The van der Waals surface area contributed by atoms with E-state index in [0.717, 1.165) is 11.6 Å². The predicted molar refractivity (Wildman–Crippen MR) is 50.2 cm³/mol. The van der Waals surface area contributed by atoms with Crippen molar-refractivity contribution in [3.05, 3.63) is 11.7 Å². The van der Waals surface area contributed by atoms with Gasteiger partial charge >= 0.3 is 0 Å². The summed E-state index contributed by atoms with van der Waals surface area (Å²) >= 11 is 1.69. The molecule has 0 aliphatic carbocycles. The van der Waals surface area contributed by atoms with E-state index >= 15 is 0 Å². The number of thioether (sulfide) groups is 1. The maximum Gasteiger partial charge on any atom is 0.232 e.